The number of anilines is 2. The quantitative estimate of drug-likeness (QED) is 0.912. The van der Waals surface area contributed by atoms with Crippen LogP contribution in [0.4, 0.5) is 11.8 Å². The number of nitrogen functional groups attached to an aromatic ring is 1. The molecule has 124 valence electrons. The van der Waals surface area contributed by atoms with Gasteiger partial charge in [0.15, 0.2) is 5.82 Å². The molecule has 0 saturated carbocycles. The van der Waals surface area contributed by atoms with E-state index in [1.165, 1.54) is 0 Å². The van der Waals surface area contributed by atoms with E-state index in [0.717, 1.165) is 37.6 Å². The van der Waals surface area contributed by atoms with E-state index in [1.54, 1.807) is 13.2 Å². The number of nitrogens with two attached hydrogens (primary N) is 1. The van der Waals surface area contributed by atoms with Crippen LogP contribution in [0.3, 0.4) is 0 Å². The lowest BCUT2D eigenvalue weighted by molar-refractivity contribution is 0.329. The number of aromatic nitrogens is 4. The number of hydrogen-bond acceptors (Lipinski definition) is 8. The molecular formula is C15H22N6O2. The summed E-state index contributed by atoms with van der Waals surface area (Å²) < 4.78 is 10.6. The Kier molecular flexibility index (Phi) is 4.31. The van der Waals surface area contributed by atoms with Crippen molar-refractivity contribution >= 4 is 11.8 Å². The van der Waals surface area contributed by atoms with Gasteiger partial charge in [-0.1, -0.05) is 19.0 Å². The van der Waals surface area contributed by atoms with E-state index in [-0.39, 0.29) is 17.8 Å². The van der Waals surface area contributed by atoms with Gasteiger partial charge < -0.3 is 19.9 Å². The normalized spacial score (nSPS) is 18.4. The Morgan fingerprint density at radius 1 is 1.35 bits per heavy atom. The largest absolute Gasteiger partial charge is 0.481 e. The van der Waals surface area contributed by atoms with Gasteiger partial charge >= 0.3 is 0 Å². The second-order valence-corrected chi connectivity index (χ2v) is 6.06. The smallest absolute Gasteiger partial charge is 0.231 e. The number of hydrogen-bond donors (Lipinski definition) is 1. The molecule has 2 N–H and O–H groups in total. The SMILES string of the molecule is COc1cc(N2CCCC(c3nc(C(C)C)no3)C2)nc(N)n1. The van der Waals surface area contributed by atoms with E-state index in [4.69, 9.17) is 15.0 Å². The number of methoxy groups -OCH3 is 1. The number of rotatable bonds is 4. The molecule has 1 atom stereocenters. The Morgan fingerprint density at radius 2 is 2.17 bits per heavy atom. The van der Waals surface area contributed by atoms with Crippen molar-refractivity contribution in [2.75, 3.05) is 30.8 Å². The zero-order chi connectivity index (χ0) is 16.4. The number of ether oxygens (including phenoxy) is 1. The summed E-state index contributed by atoms with van der Waals surface area (Å²) in [7, 11) is 1.57. The third-order valence-corrected chi connectivity index (χ3v) is 3.98. The van der Waals surface area contributed by atoms with E-state index in [1.807, 2.05) is 0 Å². The fourth-order valence-electron chi connectivity index (χ4n) is 2.73. The van der Waals surface area contributed by atoms with E-state index in [9.17, 15) is 0 Å². The zero-order valence-corrected chi connectivity index (χ0v) is 13.7. The number of piperidine rings is 1. The predicted octanol–water partition coefficient (Wildman–Crippen LogP) is 1.96. The maximum absolute atomic E-state index is 5.75. The summed E-state index contributed by atoms with van der Waals surface area (Å²) in [6.07, 6.45) is 2.05. The highest BCUT2D eigenvalue weighted by Gasteiger charge is 2.27. The zero-order valence-electron chi connectivity index (χ0n) is 13.7. The molecule has 1 unspecified atom stereocenters. The average molecular weight is 318 g/mol. The summed E-state index contributed by atoms with van der Waals surface area (Å²) >= 11 is 0. The fourth-order valence-corrected chi connectivity index (χ4v) is 2.73. The van der Waals surface area contributed by atoms with Crippen molar-refractivity contribution in [2.24, 2.45) is 0 Å². The van der Waals surface area contributed by atoms with E-state index in [0.29, 0.717) is 11.8 Å². The van der Waals surface area contributed by atoms with E-state index in [2.05, 4.69) is 38.9 Å². The molecule has 1 aliphatic heterocycles. The molecule has 2 aromatic rings. The minimum Gasteiger partial charge on any atom is -0.481 e. The molecular weight excluding hydrogens is 296 g/mol. The van der Waals surface area contributed by atoms with Crippen LogP contribution in [0, 0.1) is 0 Å². The lowest BCUT2D eigenvalue weighted by Crippen LogP contribution is -2.35. The van der Waals surface area contributed by atoms with Crippen LogP contribution in [-0.2, 0) is 0 Å². The van der Waals surface area contributed by atoms with Crippen LogP contribution in [0.5, 0.6) is 5.88 Å². The molecule has 3 rings (SSSR count). The second kappa shape index (κ2) is 6.39. The van der Waals surface area contributed by atoms with Crippen molar-refractivity contribution in [3.8, 4) is 5.88 Å². The molecule has 0 bridgehead atoms. The first-order valence-electron chi connectivity index (χ1n) is 7.83. The Bertz CT molecular complexity index is 672. The van der Waals surface area contributed by atoms with Gasteiger partial charge in [-0.15, -0.1) is 0 Å². The third-order valence-electron chi connectivity index (χ3n) is 3.98. The Morgan fingerprint density at radius 3 is 2.87 bits per heavy atom. The van der Waals surface area contributed by atoms with Gasteiger partial charge in [-0.2, -0.15) is 15.0 Å². The third kappa shape index (κ3) is 3.35. The molecule has 0 radical (unpaired) electrons. The summed E-state index contributed by atoms with van der Waals surface area (Å²) in [4.78, 5) is 15.0. The monoisotopic (exact) mass is 318 g/mol. The first-order valence-corrected chi connectivity index (χ1v) is 7.83. The molecule has 1 fully saturated rings. The van der Waals surface area contributed by atoms with Gasteiger partial charge in [0.1, 0.15) is 5.82 Å². The molecule has 0 amide bonds. The van der Waals surface area contributed by atoms with Crippen LogP contribution in [-0.4, -0.2) is 40.3 Å². The number of nitrogens with zero attached hydrogens (tertiary/aromatic N) is 5. The summed E-state index contributed by atoms with van der Waals surface area (Å²) in [5.74, 6) is 3.36. The molecule has 2 aromatic heterocycles. The molecule has 23 heavy (non-hydrogen) atoms. The molecule has 1 aliphatic rings. The highest BCUT2D eigenvalue weighted by Crippen LogP contribution is 2.30. The van der Waals surface area contributed by atoms with E-state index < -0.39 is 0 Å². The summed E-state index contributed by atoms with van der Waals surface area (Å²) in [5.41, 5.74) is 5.75. The molecule has 8 nitrogen and oxygen atoms in total. The molecule has 1 saturated heterocycles. The molecule has 3 heterocycles. The maximum atomic E-state index is 5.75. The minimum absolute atomic E-state index is 0.200. The van der Waals surface area contributed by atoms with Crippen molar-refractivity contribution < 1.29 is 9.26 Å². The molecule has 0 aliphatic carbocycles. The lowest BCUT2D eigenvalue weighted by Gasteiger charge is -2.31. The van der Waals surface area contributed by atoms with Gasteiger partial charge in [-0.05, 0) is 12.8 Å². The van der Waals surface area contributed by atoms with Crippen LogP contribution < -0.4 is 15.4 Å². The highest BCUT2D eigenvalue weighted by molar-refractivity contribution is 5.46. The van der Waals surface area contributed by atoms with Crippen LogP contribution in [0.1, 0.15) is 50.2 Å². The first-order chi connectivity index (χ1) is 11.1. The first kappa shape index (κ1) is 15.5. The maximum Gasteiger partial charge on any atom is 0.231 e. The topological polar surface area (TPSA) is 103 Å². The van der Waals surface area contributed by atoms with Gasteiger partial charge in [0.25, 0.3) is 0 Å². The highest BCUT2D eigenvalue weighted by atomic mass is 16.5. The van der Waals surface area contributed by atoms with Crippen LogP contribution in [0.25, 0.3) is 0 Å². The summed E-state index contributed by atoms with van der Waals surface area (Å²) in [6.45, 7) is 5.77. The van der Waals surface area contributed by atoms with Crippen molar-refractivity contribution in [3.63, 3.8) is 0 Å². The van der Waals surface area contributed by atoms with Gasteiger partial charge in [-0.25, -0.2) is 0 Å². The molecule has 0 spiro atoms. The summed E-state index contributed by atoms with van der Waals surface area (Å²) in [5, 5.41) is 4.06. The molecule has 0 aromatic carbocycles. The minimum atomic E-state index is 0.200. The molecule has 8 heteroatoms. The Balaban J connectivity index is 1.79. The van der Waals surface area contributed by atoms with Crippen LogP contribution >= 0.6 is 0 Å². The van der Waals surface area contributed by atoms with Crippen LogP contribution in [0.2, 0.25) is 0 Å². The Hall–Kier alpha value is -2.38. The van der Waals surface area contributed by atoms with Gasteiger partial charge in [0.05, 0.1) is 13.0 Å². The van der Waals surface area contributed by atoms with Crippen molar-refractivity contribution in [3.05, 3.63) is 17.8 Å². The van der Waals surface area contributed by atoms with Crippen molar-refractivity contribution in [1.29, 1.82) is 0 Å². The van der Waals surface area contributed by atoms with Crippen molar-refractivity contribution in [2.45, 2.75) is 38.5 Å². The fraction of sp³-hybridized carbons (Fsp3) is 0.600. The average Bonchev–Trinajstić information content (AvgIpc) is 3.04. The van der Waals surface area contributed by atoms with Gasteiger partial charge in [0.2, 0.25) is 17.7 Å². The van der Waals surface area contributed by atoms with Gasteiger partial charge in [0, 0.05) is 25.1 Å². The van der Waals surface area contributed by atoms with E-state index >= 15 is 0 Å². The second-order valence-electron chi connectivity index (χ2n) is 6.06. The standard InChI is InChI=1S/C15H22N6O2/c1-9(2)13-19-14(23-20-13)10-5-4-6-21(8-10)11-7-12(22-3)18-15(16)17-11/h7,9-10H,4-6,8H2,1-3H3,(H2,16,17,18). The lowest BCUT2D eigenvalue weighted by atomic mass is 9.98. The van der Waals surface area contributed by atoms with Crippen molar-refractivity contribution in [1.82, 2.24) is 20.1 Å². The predicted molar refractivity (Wildman–Crippen MR) is 85.6 cm³/mol. The van der Waals surface area contributed by atoms with Crippen LogP contribution in [0.15, 0.2) is 10.6 Å². The van der Waals surface area contributed by atoms with Gasteiger partial charge in [-0.3, -0.25) is 0 Å². The Labute approximate surface area is 135 Å². The summed E-state index contributed by atoms with van der Waals surface area (Å²) in [6, 6.07) is 1.80.